The van der Waals surface area contributed by atoms with Gasteiger partial charge in [-0.2, -0.15) is 0 Å². The molecule has 0 spiro atoms. The first-order chi connectivity index (χ1) is 12.1. The molecule has 0 atom stereocenters. The molecule has 1 aromatic carbocycles. The zero-order valence-electron chi connectivity index (χ0n) is 15.7. The summed E-state index contributed by atoms with van der Waals surface area (Å²) in [5.74, 6) is -0.327. The summed E-state index contributed by atoms with van der Waals surface area (Å²) in [4.78, 5) is 11.9. The van der Waals surface area contributed by atoms with Crippen molar-refractivity contribution in [1.82, 2.24) is 0 Å². The van der Waals surface area contributed by atoms with E-state index in [1.165, 1.54) is 64.2 Å². The monoisotopic (exact) mass is 367 g/mol. The van der Waals surface area contributed by atoms with Crippen molar-refractivity contribution in [3.63, 3.8) is 0 Å². The van der Waals surface area contributed by atoms with Crippen LogP contribution in [0.15, 0.2) is 18.2 Å². The Labute approximate surface area is 158 Å². The molecule has 0 unspecified atom stereocenters. The second-order valence-electron chi connectivity index (χ2n) is 6.76. The molecule has 0 saturated carbocycles. The van der Waals surface area contributed by atoms with E-state index in [9.17, 15) is 4.79 Å². The predicted molar refractivity (Wildman–Crippen MR) is 107 cm³/mol. The van der Waals surface area contributed by atoms with Crippen LogP contribution in [0.3, 0.4) is 0 Å². The minimum Gasteiger partial charge on any atom is -0.462 e. The number of carbonyl (C=O) groups is 1. The van der Waals surface area contributed by atoms with E-state index in [4.69, 9.17) is 22.1 Å². The average Bonchev–Trinajstić information content (AvgIpc) is 2.61. The number of halogens is 1. The average molecular weight is 368 g/mol. The number of hydrogen-bond acceptors (Lipinski definition) is 3. The first-order valence-electron chi connectivity index (χ1n) is 9.87. The smallest absolute Gasteiger partial charge is 0.338 e. The Morgan fingerprint density at radius 3 is 1.96 bits per heavy atom. The lowest BCUT2D eigenvalue weighted by atomic mass is 10.1. The van der Waals surface area contributed by atoms with Crippen molar-refractivity contribution in [1.29, 1.82) is 0 Å². The molecule has 0 heterocycles. The van der Waals surface area contributed by atoms with Gasteiger partial charge < -0.3 is 10.5 Å². The van der Waals surface area contributed by atoms with E-state index >= 15 is 0 Å². The number of esters is 1. The highest BCUT2D eigenvalue weighted by Crippen LogP contribution is 2.20. The molecule has 1 rings (SSSR count). The molecule has 142 valence electrons. The summed E-state index contributed by atoms with van der Waals surface area (Å²) in [6.45, 7) is 2.73. The van der Waals surface area contributed by atoms with Gasteiger partial charge >= 0.3 is 5.97 Å². The highest BCUT2D eigenvalue weighted by Gasteiger charge is 2.08. The summed E-state index contributed by atoms with van der Waals surface area (Å²) < 4.78 is 5.28. The molecule has 25 heavy (non-hydrogen) atoms. The normalized spacial score (nSPS) is 10.8. The van der Waals surface area contributed by atoms with Gasteiger partial charge in [-0.1, -0.05) is 89.2 Å². The molecule has 1 aromatic rings. The van der Waals surface area contributed by atoms with E-state index in [0.717, 1.165) is 12.8 Å². The van der Waals surface area contributed by atoms with Gasteiger partial charge in [-0.3, -0.25) is 0 Å². The van der Waals surface area contributed by atoms with Gasteiger partial charge in [-0.15, -0.1) is 0 Å². The van der Waals surface area contributed by atoms with E-state index in [1.807, 2.05) is 0 Å². The second-order valence-corrected chi connectivity index (χ2v) is 7.17. The van der Waals surface area contributed by atoms with Crippen LogP contribution >= 0.6 is 11.6 Å². The molecule has 0 saturated heterocycles. The maximum atomic E-state index is 11.9. The fourth-order valence-corrected chi connectivity index (χ4v) is 2.98. The maximum absolute atomic E-state index is 11.9. The van der Waals surface area contributed by atoms with Crippen molar-refractivity contribution in [2.45, 2.75) is 84.0 Å². The summed E-state index contributed by atoms with van der Waals surface area (Å²) >= 11 is 5.84. The number of ether oxygens (including phenoxy) is 1. The Bertz CT molecular complexity index is 491. The standard InChI is InChI=1S/C21H34ClNO2/c1-2-3-4-5-6-7-8-9-10-11-12-13-16-25-21(24)18-14-15-19(22)20(23)17-18/h14-15,17H,2-13,16,23H2,1H3. The van der Waals surface area contributed by atoms with Gasteiger partial charge in [-0.25, -0.2) is 4.79 Å². The molecular formula is C21H34ClNO2. The summed E-state index contributed by atoms with van der Waals surface area (Å²) in [6.07, 6.45) is 15.5. The van der Waals surface area contributed by atoms with Crippen LogP contribution < -0.4 is 5.73 Å². The Balaban J connectivity index is 1.93. The number of nitrogen functional groups attached to an aromatic ring is 1. The summed E-state index contributed by atoms with van der Waals surface area (Å²) in [5, 5.41) is 0.456. The number of benzene rings is 1. The zero-order valence-corrected chi connectivity index (χ0v) is 16.5. The number of anilines is 1. The van der Waals surface area contributed by atoms with Crippen LogP contribution in [-0.2, 0) is 4.74 Å². The van der Waals surface area contributed by atoms with Gasteiger partial charge in [0.1, 0.15) is 0 Å². The number of rotatable bonds is 14. The van der Waals surface area contributed by atoms with Gasteiger partial charge in [0.05, 0.1) is 22.9 Å². The third-order valence-electron chi connectivity index (χ3n) is 4.46. The molecule has 0 aliphatic heterocycles. The minimum atomic E-state index is -0.327. The van der Waals surface area contributed by atoms with E-state index in [1.54, 1.807) is 18.2 Å². The first-order valence-corrected chi connectivity index (χ1v) is 10.2. The SMILES string of the molecule is CCCCCCCCCCCCCCOC(=O)c1ccc(Cl)c(N)c1. The lowest BCUT2D eigenvalue weighted by Crippen LogP contribution is -2.07. The third kappa shape index (κ3) is 10.4. The quantitative estimate of drug-likeness (QED) is 0.224. The van der Waals surface area contributed by atoms with E-state index in [0.29, 0.717) is 22.9 Å². The predicted octanol–water partition coefficient (Wildman–Crippen LogP) is 6.78. The number of hydrogen-bond donors (Lipinski definition) is 1. The molecule has 0 aromatic heterocycles. The zero-order chi connectivity index (χ0) is 18.3. The van der Waals surface area contributed by atoms with Crippen molar-refractivity contribution in [2.24, 2.45) is 0 Å². The van der Waals surface area contributed by atoms with Gasteiger partial charge in [0.2, 0.25) is 0 Å². The van der Waals surface area contributed by atoms with Crippen molar-refractivity contribution in [3.8, 4) is 0 Å². The Hall–Kier alpha value is -1.22. The third-order valence-corrected chi connectivity index (χ3v) is 4.81. The number of nitrogens with two attached hydrogens (primary N) is 1. The van der Waals surface area contributed by atoms with Gasteiger partial charge in [0, 0.05) is 0 Å². The summed E-state index contributed by atoms with van der Waals surface area (Å²) in [6, 6.07) is 4.83. The molecule has 0 radical (unpaired) electrons. The molecule has 4 heteroatoms. The minimum absolute atomic E-state index is 0.327. The van der Waals surface area contributed by atoms with Gasteiger partial charge in [0.15, 0.2) is 0 Å². The van der Waals surface area contributed by atoms with Gasteiger partial charge in [0.25, 0.3) is 0 Å². The van der Waals surface area contributed by atoms with Crippen molar-refractivity contribution in [2.75, 3.05) is 12.3 Å². The lowest BCUT2D eigenvalue weighted by Gasteiger charge is -2.06. The Morgan fingerprint density at radius 1 is 0.920 bits per heavy atom. The second kappa shape index (κ2) is 14.0. The molecule has 2 N–H and O–H groups in total. The largest absolute Gasteiger partial charge is 0.462 e. The molecule has 0 aliphatic carbocycles. The molecule has 3 nitrogen and oxygen atoms in total. The topological polar surface area (TPSA) is 52.3 Å². The van der Waals surface area contributed by atoms with Crippen LogP contribution in [0.5, 0.6) is 0 Å². The fraction of sp³-hybridized carbons (Fsp3) is 0.667. The molecular weight excluding hydrogens is 334 g/mol. The maximum Gasteiger partial charge on any atom is 0.338 e. The Morgan fingerprint density at radius 2 is 1.44 bits per heavy atom. The molecule has 0 fully saturated rings. The van der Waals surface area contributed by atoms with E-state index < -0.39 is 0 Å². The number of carbonyl (C=O) groups excluding carboxylic acids is 1. The van der Waals surface area contributed by atoms with Crippen LogP contribution in [0.4, 0.5) is 5.69 Å². The van der Waals surface area contributed by atoms with Crippen molar-refractivity contribution in [3.05, 3.63) is 28.8 Å². The van der Waals surface area contributed by atoms with Gasteiger partial charge in [-0.05, 0) is 24.6 Å². The summed E-state index contributed by atoms with van der Waals surface area (Å²) in [5.41, 5.74) is 6.56. The summed E-state index contributed by atoms with van der Waals surface area (Å²) in [7, 11) is 0. The van der Waals surface area contributed by atoms with Crippen molar-refractivity contribution >= 4 is 23.3 Å². The van der Waals surface area contributed by atoms with Crippen LogP contribution in [0.25, 0.3) is 0 Å². The molecule has 0 aliphatic rings. The first kappa shape index (κ1) is 21.8. The van der Waals surface area contributed by atoms with Crippen LogP contribution in [-0.4, -0.2) is 12.6 Å². The Kier molecular flexibility index (Phi) is 12.2. The van der Waals surface area contributed by atoms with Crippen molar-refractivity contribution < 1.29 is 9.53 Å². The highest BCUT2D eigenvalue weighted by molar-refractivity contribution is 6.33. The van der Waals surface area contributed by atoms with Crippen LogP contribution in [0, 0.1) is 0 Å². The van der Waals surface area contributed by atoms with Crippen LogP contribution in [0.2, 0.25) is 5.02 Å². The molecule has 0 bridgehead atoms. The lowest BCUT2D eigenvalue weighted by molar-refractivity contribution is 0.0497. The fourth-order valence-electron chi connectivity index (χ4n) is 2.86. The molecule has 0 amide bonds. The number of unbranched alkanes of at least 4 members (excludes halogenated alkanes) is 11. The van der Waals surface area contributed by atoms with E-state index in [-0.39, 0.29) is 5.97 Å². The highest BCUT2D eigenvalue weighted by atomic mass is 35.5. The van der Waals surface area contributed by atoms with E-state index in [2.05, 4.69) is 6.92 Å². The van der Waals surface area contributed by atoms with Crippen LogP contribution in [0.1, 0.15) is 94.3 Å².